The topological polar surface area (TPSA) is 80.6 Å². The Bertz CT molecular complexity index is 909. The average Bonchev–Trinajstić information content (AvgIpc) is 3.01. The van der Waals surface area contributed by atoms with Gasteiger partial charge in [0.05, 0.1) is 12.2 Å². The smallest absolute Gasteiger partial charge is 0.307 e. The van der Waals surface area contributed by atoms with Gasteiger partial charge in [-0.3, -0.25) is 14.4 Å². The third-order valence-corrected chi connectivity index (χ3v) is 5.82. The molecule has 2 amide bonds. The Balaban J connectivity index is 1.49. The van der Waals surface area contributed by atoms with E-state index in [4.69, 9.17) is 4.74 Å². The van der Waals surface area contributed by atoms with Crippen LogP contribution in [0.15, 0.2) is 34.4 Å². The number of carbonyl (C=O) groups is 2. The highest BCUT2D eigenvalue weighted by atomic mass is 32.1. The van der Waals surface area contributed by atoms with E-state index in [1.54, 1.807) is 22.1 Å². The molecule has 0 saturated carbocycles. The van der Waals surface area contributed by atoms with Gasteiger partial charge in [-0.15, -0.1) is 0 Å². The fourth-order valence-electron chi connectivity index (χ4n) is 3.47. The number of benzene rings is 1. The van der Waals surface area contributed by atoms with Crippen LogP contribution in [0.1, 0.15) is 41.9 Å². The van der Waals surface area contributed by atoms with Crippen LogP contribution in [-0.4, -0.2) is 46.6 Å². The molecule has 3 rings (SSSR count). The zero-order valence-electron chi connectivity index (χ0n) is 17.0. The molecule has 156 valence electrons. The summed E-state index contributed by atoms with van der Waals surface area (Å²) in [6.07, 6.45) is 0.318. The molecule has 2 heterocycles. The van der Waals surface area contributed by atoms with E-state index in [0.29, 0.717) is 31.7 Å². The van der Waals surface area contributed by atoms with Crippen molar-refractivity contribution in [3.63, 3.8) is 0 Å². The second-order valence-electron chi connectivity index (χ2n) is 7.49. The highest BCUT2D eigenvalue weighted by Gasteiger charge is 2.26. The fourth-order valence-corrected chi connectivity index (χ4v) is 4.23. The molecule has 0 aliphatic carbocycles. The zero-order valence-corrected chi connectivity index (χ0v) is 17.8. The molecular weight excluding hydrogens is 390 g/mol. The van der Waals surface area contributed by atoms with Gasteiger partial charge in [-0.1, -0.05) is 23.5 Å². The third-order valence-electron chi connectivity index (χ3n) is 4.94. The Morgan fingerprint density at radius 1 is 1.17 bits per heavy atom. The summed E-state index contributed by atoms with van der Waals surface area (Å²) in [6.45, 7) is 7.74. The molecule has 0 spiro atoms. The van der Waals surface area contributed by atoms with E-state index in [1.807, 2.05) is 37.8 Å². The normalized spacial score (nSPS) is 19.2. The van der Waals surface area contributed by atoms with Gasteiger partial charge in [0.2, 0.25) is 5.91 Å². The van der Waals surface area contributed by atoms with E-state index >= 15 is 0 Å². The number of hydrogen-bond donors (Lipinski definition) is 1. The molecule has 1 saturated heterocycles. The predicted octanol–water partition coefficient (Wildman–Crippen LogP) is 2.17. The maximum atomic E-state index is 12.7. The summed E-state index contributed by atoms with van der Waals surface area (Å²) in [5.41, 5.74) is 2.42. The largest absolute Gasteiger partial charge is 0.372 e. The van der Waals surface area contributed by atoms with Crippen molar-refractivity contribution in [2.45, 2.75) is 52.5 Å². The quantitative estimate of drug-likeness (QED) is 0.781. The number of aromatic nitrogens is 1. The number of thiazole rings is 1. The first-order valence-electron chi connectivity index (χ1n) is 9.79. The van der Waals surface area contributed by atoms with E-state index in [-0.39, 0.29) is 35.3 Å². The lowest BCUT2D eigenvalue weighted by Crippen LogP contribution is -2.48. The van der Waals surface area contributed by atoms with Crippen molar-refractivity contribution >= 4 is 23.2 Å². The van der Waals surface area contributed by atoms with E-state index in [9.17, 15) is 14.4 Å². The molecular formula is C21H27N3O4S. The van der Waals surface area contributed by atoms with Crippen molar-refractivity contribution in [2.24, 2.45) is 0 Å². The van der Waals surface area contributed by atoms with Crippen LogP contribution in [0.5, 0.6) is 0 Å². The molecule has 0 bridgehead atoms. The minimum atomic E-state index is -0.112. The number of morpholine rings is 1. The highest BCUT2D eigenvalue weighted by Crippen LogP contribution is 2.15. The van der Waals surface area contributed by atoms with Gasteiger partial charge in [-0.25, -0.2) is 0 Å². The first-order chi connectivity index (χ1) is 13.8. The molecule has 1 aliphatic rings. The number of hydrogen-bond acceptors (Lipinski definition) is 5. The zero-order chi connectivity index (χ0) is 21.0. The minimum Gasteiger partial charge on any atom is -0.372 e. The number of aryl methyl sites for hydroxylation is 1. The number of carbonyl (C=O) groups excluding carboxylic acids is 2. The van der Waals surface area contributed by atoms with Crippen LogP contribution in [0.3, 0.4) is 0 Å². The summed E-state index contributed by atoms with van der Waals surface area (Å²) in [4.78, 5) is 38.2. The van der Waals surface area contributed by atoms with Crippen LogP contribution in [-0.2, 0) is 22.6 Å². The first-order valence-corrected chi connectivity index (χ1v) is 10.7. The van der Waals surface area contributed by atoms with Crippen LogP contribution in [0.2, 0.25) is 0 Å². The maximum absolute atomic E-state index is 12.7. The SMILES string of the molecule is Cc1csc(=O)n1CCC(=O)NCc1ccc(C(=O)N2CC(C)OC(C)C2)cc1. The molecule has 8 heteroatoms. The van der Waals surface area contributed by atoms with Gasteiger partial charge in [0.15, 0.2) is 0 Å². The Kier molecular flexibility index (Phi) is 6.87. The molecule has 2 aromatic rings. The van der Waals surface area contributed by atoms with Gasteiger partial charge in [0.25, 0.3) is 5.91 Å². The Hall–Kier alpha value is -2.45. The summed E-state index contributed by atoms with van der Waals surface area (Å²) in [5.74, 6) is -0.113. The van der Waals surface area contributed by atoms with Crippen molar-refractivity contribution in [3.8, 4) is 0 Å². The number of nitrogens with zero attached hydrogens (tertiary/aromatic N) is 2. The number of ether oxygens (including phenoxy) is 1. The van der Waals surface area contributed by atoms with Gasteiger partial charge in [0.1, 0.15) is 0 Å². The van der Waals surface area contributed by atoms with Crippen molar-refractivity contribution in [1.82, 2.24) is 14.8 Å². The molecule has 29 heavy (non-hydrogen) atoms. The van der Waals surface area contributed by atoms with Crippen molar-refractivity contribution in [3.05, 3.63) is 56.1 Å². The van der Waals surface area contributed by atoms with Gasteiger partial charge in [-0.2, -0.15) is 0 Å². The van der Waals surface area contributed by atoms with E-state index in [1.165, 1.54) is 0 Å². The lowest BCUT2D eigenvalue weighted by Gasteiger charge is -2.35. The Morgan fingerprint density at radius 3 is 2.41 bits per heavy atom. The second-order valence-corrected chi connectivity index (χ2v) is 8.31. The number of nitrogens with one attached hydrogen (secondary N) is 1. The van der Waals surface area contributed by atoms with Crippen LogP contribution in [0.25, 0.3) is 0 Å². The monoisotopic (exact) mass is 417 g/mol. The lowest BCUT2D eigenvalue weighted by molar-refractivity contribution is -0.121. The molecule has 2 atom stereocenters. The van der Waals surface area contributed by atoms with Crippen molar-refractivity contribution in [2.75, 3.05) is 13.1 Å². The van der Waals surface area contributed by atoms with Crippen LogP contribution >= 0.6 is 11.3 Å². The molecule has 2 unspecified atom stereocenters. The molecule has 1 N–H and O–H groups in total. The molecule has 1 fully saturated rings. The standard InChI is InChI=1S/C21H27N3O4S/c1-14-13-29-21(27)24(14)9-8-19(25)22-10-17-4-6-18(7-5-17)20(26)23-11-15(2)28-16(3)12-23/h4-7,13,15-16H,8-12H2,1-3H3,(H,22,25). The van der Waals surface area contributed by atoms with Gasteiger partial charge in [-0.05, 0) is 38.5 Å². The highest BCUT2D eigenvalue weighted by molar-refractivity contribution is 7.07. The van der Waals surface area contributed by atoms with E-state index < -0.39 is 0 Å². The van der Waals surface area contributed by atoms with Crippen molar-refractivity contribution < 1.29 is 14.3 Å². The van der Waals surface area contributed by atoms with Gasteiger partial charge >= 0.3 is 4.87 Å². The molecule has 0 radical (unpaired) electrons. The number of amides is 2. The van der Waals surface area contributed by atoms with Crippen molar-refractivity contribution in [1.29, 1.82) is 0 Å². The van der Waals surface area contributed by atoms with Crippen LogP contribution < -0.4 is 10.2 Å². The maximum Gasteiger partial charge on any atom is 0.307 e. The minimum absolute atomic E-state index is 0.000778. The lowest BCUT2D eigenvalue weighted by atomic mass is 10.1. The summed E-state index contributed by atoms with van der Waals surface area (Å²) >= 11 is 1.14. The summed E-state index contributed by atoms with van der Waals surface area (Å²) < 4.78 is 7.29. The third kappa shape index (κ3) is 5.55. The Morgan fingerprint density at radius 2 is 1.83 bits per heavy atom. The van der Waals surface area contributed by atoms with Crippen LogP contribution in [0.4, 0.5) is 0 Å². The first kappa shape index (κ1) is 21.3. The fraction of sp³-hybridized carbons (Fsp3) is 0.476. The summed E-state index contributed by atoms with van der Waals surface area (Å²) in [6, 6.07) is 7.30. The predicted molar refractivity (Wildman–Crippen MR) is 112 cm³/mol. The van der Waals surface area contributed by atoms with E-state index in [2.05, 4.69) is 5.32 Å². The number of rotatable bonds is 6. The average molecular weight is 418 g/mol. The van der Waals surface area contributed by atoms with Gasteiger partial charge in [0, 0.05) is 49.2 Å². The van der Waals surface area contributed by atoms with Crippen LogP contribution in [0, 0.1) is 6.92 Å². The van der Waals surface area contributed by atoms with Gasteiger partial charge < -0.3 is 19.5 Å². The summed E-state index contributed by atoms with van der Waals surface area (Å²) in [7, 11) is 0. The Labute approximate surface area is 174 Å². The molecule has 1 aromatic heterocycles. The summed E-state index contributed by atoms with van der Waals surface area (Å²) in [5, 5.41) is 4.65. The molecule has 7 nitrogen and oxygen atoms in total. The second kappa shape index (κ2) is 9.37. The molecule has 1 aliphatic heterocycles. The van der Waals surface area contributed by atoms with E-state index in [0.717, 1.165) is 22.6 Å². The molecule has 1 aromatic carbocycles.